The van der Waals surface area contributed by atoms with Gasteiger partial charge in [0.25, 0.3) is 11.4 Å². The van der Waals surface area contributed by atoms with Crippen molar-refractivity contribution in [2.24, 2.45) is 0 Å². The van der Waals surface area contributed by atoms with Crippen molar-refractivity contribution < 1.29 is 4.52 Å². The molecule has 1 fully saturated rings. The molecular formula is C16H16N6O2. The van der Waals surface area contributed by atoms with Crippen LogP contribution in [0, 0.1) is 0 Å². The zero-order valence-corrected chi connectivity index (χ0v) is 13.0. The van der Waals surface area contributed by atoms with Gasteiger partial charge in [-0.25, -0.2) is 10.1 Å². The molecule has 1 aliphatic heterocycles. The molecule has 0 radical (unpaired) electrons. The Balaban J connectivity index is 1.57. The third-order valence-electron chi connectivity index (χ3n) is 4.02. The number of aromatic nitrogens is 5. The topological polar surface area (TPSA) is 101 Å². The Bertz CT molecular complexity index is 880. The summed E-state index contributed by atoms with van der Waals surface area (Å²) in [6, 6.07) is 5.27. The van der Waals surface area contributed by atoms with Gasteiger partial charge in [-0.15, -0.1) is 0 Å². The number of pyridine rings is 1. The van der Waals surface area contributed by atoms with Crippen molar-refractivity contribution in [1.29, 1.82) is 0 Å². The second kappa shape index (κ2) is 6.23. The van der Waals surface area contributed by atoms with Crippen LogP contribution in [-0.4, -0.2) is 38.4 Å². The summed E-state index contributed by atoms with van der Waals surface area (Å²) >= 11 is 0. The number of nitrogens with one attached hydrogen (secondary N) is 1. The molecule has 24 heavy (non-hydrogen) atoms. The van der Waals surface area contributed by atoms with Crippen LogP contribution in [0.5, 0.6) is 0 Å². The smallest absolute Gasteiger partial charge is 0.264 e. The molecule has 0 aromatic carbocycles. The summed E-state index contributed by atoms with van der Waals surface area (Å²) in [6.07, 6.45) is 6.92. The Morgan fingerprint density at radius 3 is 2.71 bits per heavy atom. The predicted molar refractivity (Wildman–Crippen MR) is 87.4 cm³/mol. The van der Waals surface area contributed by atoms with Crippen LogP contribution < -0.4 is 10.5 Å². The summed E-state index contributed by atoms with van der Waals surface area (Å²) in [4.78, 5) is 22.4. The lowest BCUT2D eigenvalue weighted by Gasteiger charge is -2.27. The standard InChI is InChI=1S/C16H16N6O2/c23-14-8-12(10-18-20-14)16-19-15(21-24-16)11-4-5-13(17-9-11)22-6-2-1-3-7-22/h4-5,8-10H,1-3,6-7H2,(H,20,23). The summed E-state index contributed by atoms with van der Waals surface area (Å²) in [5, 5.41) is 9.98. The van der Waals surface area contributed by atoms with E-state index in [0.717, 1.165) is 24.5 Å². The van der Waals surface area contributed by atoms with E-state index in [1.54, 1.807) is 6.20 Å². The van der Waals surface area contributed by atoms with Gasteiger partial charge >= 0.3 is 0 Å². The van der Waals surface area contributed by atoms with Crippen LogP contribution in [0.3, 0.4) is 0 Å². The van der Waals surface area contributed by atoms with Crippen molar-refractivity contribution in [1.82, 2.24) is 25.3 Å². The van der Waals surface area contributed by atoms with E-state index in [9.17, 15) is 4.79 Å². The first-order valence-corrected chi connectivity index (χ1v) is 7.90. The van der Waals surface area contributed by atoms with Crippen LogP contribution in [0.2, 0.25) is 0 Å². The Hall–Kier alpha value is -3.03. The zero-order valence-electron chi connectivity index (χ0n) is 13.0. The molecule has 4 rings (SSSR count). The average Bonchev–Trinajstić information content (AvgIpc) is 3.13. The van der Waals surface area contributed by atoms with Gasteiger partial charge in [0.2, 0.25) is 5.82 Å². The van der Waals surface area contributed by atoms with E-state index in [1.807, 2.05) is 12.1 Å². The normalized spacial score (nSPS) is 14.8. The van der Waals surface area contributed by atoms with E-state index >= 15 is 0 Å². The summed E-state index contributed by atoms with van der Waals surface area (Å²) in [6.45, 7) is 2.10. The summed E-state index contributed by atoms with van der Waals surface area (Å²) in [5.41, 5.74) is 0.929. The molecule has 1 aliphatic rings. The van der Waals surface area contributed by atoms with Crippen LogP contribution in [0.4, 0.5) is 5.82 Å². The van der Waals surface area contributed by atoms with E-state index in [1.165, 1.54) is 31.5 Å². The number of hydrogen-bond acceptors (Lipinski definition) is 7. The fourth-order valence-corrected chi connectivity index (χ4v) is 2.78. The summed E-state index contributed by atoms with van der Waals surface area (Å²) in [7, 11) is 0. The third kappa shape index (κ3) is 2.90. The van der Waals surface area contributed by atoms with Crippen molar-refractivity contribution in [3.63, 3.8) is 0 Å². The van der Waals surface area contributed by atoms with Crippen molar-refractivity contribution in [3.05, 3.63) is 40.9 Å². The third-order valence-corrected chi connectivity index (χ3v) is 4.02. The maximum atomic E-state index is 11.3. The highest BCUT2D eigenvalue weighted by atomic mass is 16.5. The van der Waals surface area contributed by atoms with Crippen molar-refractivity contribution >= 4 is 5.82 Å². The number of aromatic amines is 1. The van der Waals surface area contributed by atoms with Gasteiger partial charge in [-0.1, -0.05) is 5.16 Å². The van der Waals surface area contributed by atoms with Crippen LogP contribution in [0.1, 0.15) is 19.3 Å². The first-order valence-electron chi connectivity index (χ1n) is 7.90. The monoisotopic (exact) mass is 324 g/mol. The molecule has 0 aliphatic carbocycles. The molecule has 3 aromatic rings. The van der Waals surface area contributed by atoms with Gasteiger partial charge in [-0.05, 0) is 31.4 Å². The first kappa shape index (κ1) is 14.6. The Labute approximate surface area is 137 Å². The van der Waals surface area contributed by atoms with Crippen LogP contribution in [-0.2, 0) is 0 Å². The maximum absolute atomic E-state index is 11.3. The summed E-state index contributed by atoms with van der Waals surface area (Å²) < 4.78 is 5.21. The molecule has 1 saturated heterocycles. The molecule has 8 nitrogen and oxygen atoms in total. The van der Waals surface area contributed by atoms with Crippen LogP contribution >= 0.6 is 0 Å². The second-order valence-corrected chi connectivity index (χ2v) is 5.71. The van der Waals surface area contributed by atoms with Gasteiger partial charge in [0.15, 0.2) is 0 Å². The van der Waals surface area contributed by atoms with E-state index in [2.05, 4.69) is 30.2 Å². The Morgan fingerprint density at radius 1 is 1.08 bits per heavy atom. The van der Waals surface area contributed by atoms with Crippen molar-refractivity contribution in [2.75, 3.05) is 18.0 Å². The van der Waals surface area contributed by atoms with Gasteiger partial charge in [-0.2, -0.15) is 10.1 Å². The zero-order chi connectivity index (χ0) is 16.4. The van der Waals surface area contributed by atoms with E-state index in [-0.39, 0.29) is 11.4 Å². The van der Waals surface area contributed by atoms with Crippen LogP contribution in [0.25, 0.3) is 22.8 Å². The quantitative estimate of drug-likeness (QED) is 0.784. The Morgan fingerprint density at radius 2 is 1.96 bits per heavy atom. The number of H-pyrrole nitrogens is 1. The molecule has 122 valence electrons. The molecule has 0 spiro atoms. The van der Waals surface area contributed by atoms with Gasteiger partial charge in [-0.3, -0.25) is 4.79 Å². The van der Waals surface area contributed by atoms with E-state index < -0.39 is 0 Å². The number of rotatable bonds is 3. The lowest BCUT2D eigenvalue weighted by molar-refractivity contribution is 0.432. The molecule has 0 saturated carbocycles. The number of anilines is 1. The fraction of sp³-hybridized carbons (Fsp3) is 0.312. The number of nitrogens with zero attached hydrogens (tertiary/aromatic N) is 5. The highest BCUT2D eigenvalue weighted by Crippen LogP contribution is 2.23. The maximum Gasteiger partial charge on any atom is 0.264 e. The van der Waals surface area contributed by atoms with Gasteiger partial charge < -0.3 is 9.42 Å². The molecular weight excluding hydrogens is 308 g/mol. The molecule has 0 atom stereocenters. The van der Waals surface area contributed by atoms with Crippen molar-refractivity contribution in [2.45, 2.75) is 19.3 Å². The molecule has 8 heteroatoms. The predicted octanol–water partition coefficient (Wildman–Crippen LogP) is 1.87. The highest BCUT2D eigenvalue weighted by molar-refractivity contribution is 5.59. The second-order valence-electron chi connectivity index (χ2n) is 5.71. The largest absolute Gasteiger partial charge is 0.357 e. The number of hydrogen-bond donors (Lipinski definition) is 1. The van der Waals surface area contributed by atoms with E-state index in [4.69, 9.17) is 4.52 Å². The van der Waals surface area contributed by atoms with Crippen molar-refractivity contribution in [3.8, 4) is 22.8 Å². The minimum atomic E-state index is -0.320. The van der Waals surface area contributed by atoms with E-state index in [0.29, 0.717) is 11.4 Å². The lowest BCUT2D eigenvalue weighted by Crippen LogP contribution is -2.29. The van der Waals surface area contributed by atoms with Gasteiger partial charge in [0, 0.05) is 30.9 Å². The summed E-state index contributed by atoms with van der Waals surface area (Å²) in [5.74, 6) is 1.66. The number of piperidine rings is 1. The minimum Gasteiger partial charge on any atom is -0.357 e. The molecule has 1 N–H and O–H groups in total. The minimum absolute atomic E-state index is 0.253. The lowest BCUT2D eigenvalue weighted by atomic mass is 10.1. The molecule has 0 unspecified atom stereocenters. The average molecular weight is 324 g/mol. The molecule has 4 heterocycles. The Kier molecular flexibility index (Phi) is 3.78. The van der Waals surface area contributed by atoms with Gasteiger partial charge in [0.1, 0.15) is 5.82 Å². The molecule has 0 bridgehead atoms. The molecule has 3 aromatic heterocycles. The SMILES string of the molecule is O=c1cc(-c2nc(-c3ccc(N4CCCCC4)nc3)no2)cn[nH]1. The van der Waals surface area contributed by atoms with Crippen LogP contribution in [0.15, 0.2) is 39.9 Å². The molecule has 0 amide bonds. The fourth-order valence-electron chi connectivity index (χ4n) is 2.78. The van der Waals surface area contributed by atoms with Gasteiger partial charge in [0.05, 0.1) is 11.8 Å². The highest BCUT2D eigenvalue weighted by Gasteiger charge is 2.14. The first-order chi connectivity index (χ1) is 11.8.